The van der Waals surface area contributed by atoms with Crippen LogP contribution in [0.5, 0.6) is 0 Å². The van der Waals surface area contributed by atoms with E-state index in [-0.39, 0.29) is 5.97 Å². The fourth-order valence-corrected chi connectivity index (χ4v) is 3.66. The van der Waals surface area contributed by atoms with Crippen molar-refractivity contribution in [2.75, 3.05) is 6.61 Å². The van der Waals surface area contributed by atoms with Crippen molar-refractivity contribution in [3.8, 4) is 22.4 Å². The molecule has 0 spiro atoms. The van der Waals surface area contributed by atoms with Gasteiger partial charge in [-0.3, -0.25) is 4.98 Å². The number of hydrogen-bond donors (Lipinski definition) is 0. The summed E-state index contributed by atoms with van der Waals surface area (Å²) in [6.45, 7) is 6.87. The Bertz CT molecular complexity index is 1260. The number of carbonyl (C=O) groups excluding carboxylic acids is 1. The third-order valence-corrected chi connectivity index (χ3v) is 5.01. The third kappa shape index (κ3) is 4.10. The van der Waals surface area contributed by atoms with Crippen molar-refractivity contribution >= 4 is 23.1 Å². The van der Waals surface area contributed by atoms with Crippen molar-refractivity contribution in [1.29, 1.82) is 0 Å². The third-order valence-electron chi connectivity index (χ3n) is 5.01. The van der Waals surface area contributed by atoms with Crippen LogP contribution in [0.4, 0.5) is 0 Å². The van der Waals surface area contributed by atoms with Gasteiger partial charge >= 0.3 is 5.97 Å². The maximum Gasteiger partial charge on any atom is 0.330 e. The quantitative estimate of drug-likeness (QED) is 0.327. The van der Waals surface area contributed by atoms with Crippen molar-refractivity contribution in [2.45, 2.75) is 27.3 Å². The SMILES string of the molecule is CCOC(=O)C=Cc1c(-c2ccccc2)nc2c(cnn2CC)c1-c1cncc(C)c1. The van der Waals surface area contributed by atoms with Gasteiger partial charge in [0, 0.05) is 52.7 Å². The summed E-state index contributed by atoms with van der Waals surface area (Å²) in [5, 5.41) is 5.46. The summed E-state index contributed by atoms with van der Waals surface area (Å²) in [6, 6.07) is 12.0. The van der Waals surface area contributed by atoms with Gasteiger partial charge in [-0.2, -0.15) is 5.10 Å². The van der Waals surface area contributed by atoms with E-state index in [1.807, 2.05) is 67.5 Å². The summed E-state index contributed by atoms with van der Waals surface area (Å²) in [6.07, 6.45) is 8.73. The molecule has 0 saturated heterocycles. The second-order valence-electron chi connectivity index (χ2n) is 7.15. The minimum Gasteiger partial charge on any atom is -0.463 e. The zero-order valence-corrected chi connectivity index (χ0v) is 17.9. The van der Waals surface area contributed by atoms with Gasteiger partial charge in [-0.25, -0.2) is 14.5 Å². The summed E-state index contributed by atoms with van der Waals surface area (Å²) in [7, 11) is 0. The number of fused-ring (bicyclic) bond motifs is 1. The average Bonchev–Trinajstić information content (AvgIpc) is 3.20. The van der Waals surface area contributed by atoms with Crippen LogP contribution in [-0.4, -0.2) is 32.3 Å². The fraction of sp³-hybridized carbons (Fsp3) is 0.200. The molecule has 3 aromatic heterocycles. The van der Waals surface area contributed by atoms with Crippen molar-refractivity contribution in [3.63, 3.8) is 0 Å². The molecule has 6 heteroatoms. The lowest BCUT2D eigenvalue weighted by atomic mass is 9.93. The molecule has 0 unspecified atom stereocenters. The van der Waals surface area contributed by atoms with Gasteiger partial charge in [0.1, 0.15) is 0 Å². The van der Waals surface area contributed by atoms with E-state index < -0.39 is 0 Å². The second-order valence-corrected chi connectivity index (χ2v) is 7.15. The Kier molecular flexibility index (Phi) is 5.89. The van der Waals surface area contributed by atoms with Crippen molar-refractivity contribution in [2.24, 2.45) is 0 Å². The van der Waals surface area contributed by atoms with Gasteiger partial charge in [0.15, 0.2) is 5.65 Å². The standard InChI is InChI=1S/C25H24N4O2/c1-4-29-25-21(16-27-29)23(19-13-17(3)14-26-15-19)20(11-12-22(30)31-5-2)24(28-25)18-9-7-6-8-10-18/h6-16H,4-5H2,1-3H3. The molecule has 0 aliphatic heterocycles. The minimum atomic E-state index is -0.390. The lowest BCUT2D eigenvalue weighted by molar-refractivity contribution is -0.137. The number of pyridine rings is 2. The zero-order chi connectivity index (χ0) is 21.8. The Labute approximate surface area is 181 Å². The molecule has 4 rings (SSSR count). The van der Waals surface area contributed by atoms with Crippen LogP contribution in [0.25, 0.3) is 39.5 Å². The van der Waals surface area contributed by atoms with E-state index in [2.05, 4.69) is 16.1 Å². The van der Waals surface area contributed by atoms with Gasteiger partial charge in [-0.1, -0.05) is 30.3 Å². The van der Waals surface area contributed by atoms with Crippen LogP contribution >= 0.6 is 0 Å². The van der Waals surface area contributed by atoms with E-state index in [0.717, 1.165) is 44.5 Å². The van der Waals surface area contributed by atoms with Gasteiger partial charge in [-0.15, -0.1) is 0 Å². The normalized spacial score (nSPS) is 11.3. The van der Waals surface area contributed by atoms with Crippen LogP contribution in [0.15, 0.2) is 61.1 Å². The molecule has 0 saturated carbocycles. The molecule has 31 heavy (non-hydrogen) atoms. The number of ether oxygens (including phenoxy) is 1. The molecule has 156 valence electrons. The average molecular weight is 412 g/mol. The fourth-order valence-electron chi connectivity index (χ4n) is 3.66. The first-order valence-electron chi connectivity index (χ1n) is 10.3. The largest absolute Gasteiger partial charge is 0.463 e. The predicted molar refractivity (Wildman–Crippen MR) is 122 cm³/mol. The molecule has 4 aromatic rings. The minimum absolute atomic E-state index is 0.323. The van der Waals surface area contributed by atoms with Gasteiger partial charge < -0.3 is 4.74 Å². The summed E-state index contributed by atoms with van der Waals surface area (Å²) < 4.78 is 6.99. The molecule has 0 aliphatic rings. The predicted octanol–water partition coefficient (Wildman–Crippen LogP) is 5.06. The van der Waals surface area contributed by atoms with Crippen LogP contribution in [0.2, 0.25) is 0 Å². The van der Waals surface area contributed by atoms with E-state index in [1.54, 1.807) is 13.0 Å². The Hall–Kier alpha value is -3.80. The number of esters is 1. The topological polar surface area (TPSA) is 69.9 Å². The molecule has 0 radical (unpaired) electrons. The number of aryl methyl sites for hydroxylation is 2. The molecule has 0 amide bonds. The lowest BCUT2D eigenvalue weighted by Crippen LogP contribution is -2.02. The molecule has 6 nitrogen and oxygen atoms in total. The summed E-state index contributed by atoms with van der Waals surface area (Å²) >= 11 is 0. The molecular weight excluding hydrogens is 388 g/mol. The van der Waals surface area contributed by atoms with Gasteiger partial charge in [0.25, 0.3) is 0 Å². The first kappa shape index (κ1) is 20.5. The second kappa shape index (κ2) is 8.92. The number of rotatable bonds is 6. The zero-order valence-electron chi connectivity index (χ0n) is 17.9. The Morgan fingerprint density at radius 1 is 1.10 bits per heavy atom. The maximum atomic E-state index is 12.1. The van der Waals surface area contributed by atoms with Crippen LogP contribution in [0.3, 0.4) is 0 Å². The molecular formula is C25H24N4O2. The van der Waals surface area contributed by atoms with E-state index in [4.69, 9.17) is 9.72 Å². The highest BCUT2D eigenvalue weighted by atomic mass is 16.5. The van der Waals surface area contributed by atoms with E-state index in [1.165, 1.54) is 6.08 Å². The number of aromatic nitrogens is 4. The van der Waals surface area contributed by atoms with Crippen LogP contribution < -0.4 is 0 Å². The first-order chi connectivity index (χ1) is 15.1. The summed E-state index contributed by atoms with van der Waals surface area (Å²) in [5.41, 5.74) is 6.30. The van der Waals surface area contributed by atoms with E-state index >= 15 is 0 Å². The number of nitrogens with zero attached hydrogens (tertiary/aromatic N) is 4. The highest BCUT2D eigenvalue weighted by molar-refractivity contribution is 6.02. The van der Waals surface area contributed by atoms with Crippen LogP contribution in [0, 0.1) is 6.92 Å². The smallest absolute Gasteiger partial charge is 0.330 e. The Morgan fingerprint density at radius 2 is 1.90 bits per heavy atom. The molecule has 0 aliphatic carbocycles. The molecule has 3 heterocycles. The lowest BCUT2D eigenvalue weighted by Gasteiger charge is -2.14. The van der Waals surface area contributed by atoms with Crippen molar-refractivity contribution in [1.82, 2.24) is 19.7 Å². The number of carbonyl (C=O) groups is 1. The highest BCUT2D eigenvalue weighted by Gasteiger charge is 2.19. The van der Waals surface area contributed by atoms with Crippen molar-refractivity contribution < 1.29 is 9.53 Å². The summed E-state index contributed by atoms with van der Waals surface area (Å²) in [5.74, 6) is -0.390. The molecule has 0 bridgehead atoms. The van der Waals surface area contributed by atoms with Gasteiger partial charge in [-0.05, 0) is 38.5 Å². The van der Waals surface area contributed by atoms with Gasteiger partial charge in [0.2, 0.25) is 0 Å². The Balaban J connectivity index is 2.08. The number of hydrogen-bond acceptors (Lipinski definition) is 5. The summed E-state index contributed by atoms with van der Waals surface area (Å²) in [4.78, 5) is 21.5. The van der Waals surface area contributed by atoms with E-state index in [0.29, 0.717) is 13.2 Å². The first-order valence-corrected chi connectivity index (χ1v) is 10.3. The van der Waals surface area contributed by atoms with Crippen LogP contribution in [-0.2, 0) is 16.1 Å². The van der Waals surface area contributed by atoms with E-state index in [9.17, 15) is 4.79 Å². The molecule has 0 N–H and O–H groups in total. The molecule has 0 fully saturated rings. The van der Waals surface area contributed by atoms with Crippen LogP contribution in [0.1, 0.15) is 25.0 Å². The highest BCUT2D eigenvalue weighted by Crippen LogP contribution is 2.38. The molecule has 1 aromatic carbocycles. The maximum absolute atomic E-state index is 12.1. The number of benzene rings is 1. The monoisotopic (exact) mass is 412 g/mol. The Morgan fingerprint density at radius 3 is 2.61 bits per heavy atom. The van der Waals surface area contributed by atoms with Gasteiger partial charge in [0.05, 0.1) is 18.5 Å². The molecule has 0 atom stereocenters. The van der Waals surface area contributed by atoms with Crippen molar-refractivity contribution in [3.05, 3.63) is 72.2 Å².